The zero-order valence-corrected chi connectivity index (χ0v) is 18.3. The van der Waals surface area contributed by atoms with Crippen LogP contribution in [0.2, 0.25) is 0 Å². The van der Waals surface area contributed by atoms with Crippen LogP contribution in [0.15, 0.2) is 41.2 Å². The lowest BCUT2D eigenvalue weighted by Crippen LogP contribution is -2.42. The van der Waals surface area contributed by atoms with Crippen molar-refractivity contribution in [3.8, 4) is 11.8 Å². The molecule has 2 bridgehead atoms. The molecule has 1 aliphatic carbocycles. The third-order valence-corrected chi connectivity index (χ3v) is 7.20. The molecule has 3 aliphatic heterocycles. The van der Waals surface area contributed by atoms with Crippen LogP contribution in [0.5, 0.6) is 0 Å². The minimum absolute atomic E-state index is 0.0236. The number of aryl methyl sites for hydroxylation is 1. The lowest BCUT2D eigenvalue weighted by molar-refractivity contribution is 0.133. The van der Waals surface area contributed by atoms with E-state index in [4.69, 9.17) is 8.85 Å². The minimum Gasteiger partial charge on any atom is -0.375 e. The van der Waals surface area contributed by atoms with Crippen molar-refractivity contribution in [2.24, 2.45) is 12.9 Å². The zero-order chi connectivity index (χ0) is 25.2. The number of fused-ring (bicyclic) bond motifs is 3. The van der Waals surface area contributed by atoms with Gasteiger partial charge in [0.1, 0.15) is 5.82 Å². The van der Waals surface area contributed by atoms with Crippen LogP contribution in [0, 0.1) is 23.6 Å². The van der Waals surface area contributed by atoms with Crippen LogP contribution >= 0.6 is 0 Å². The lowest BCUT2D eigenvalue weighted by Gasteiger charge is -2.36. The number of halogens is 1. The molecule has 3 fully saturated rings. The van der Waals surface area contributed by atoms with Crippen molar-refractivity contribution in [1.29, 1.82) is 0 Å². The number of nitrogens with zero attached hydrogens (tertiary/aromatic N) is 4. The Hall–Kier alpha value is -3.21. The first-order valence-electron chi connectivity index (χ1n) is 12.6. The molecule has 0 N–H and O–H groups in total. The summed E-state index contributed by atoms with van der Waals surface area (Å²) in [5.41, 5.74) is 1.30. The molecule has 3 aromatic rings. The van der Waals surface area contributed by atoms with Crippen LogP contribution in [0.25, 0.3) is 10.9 Å². The summed E-state index contributed by atoms with van der Waals surface area (Å²) in [5, 5.41) is -0.0236. The van der Waals surface area contributed by atoms with Crippen molar-refractivity contribution in [1.82, 2.24) is 14.5 Å². The second-order valence-electron chi connectivity index (χ2n) is 9.13. The van der Waals surface area contributed by atoms with Crippen LogP contribution in [0.1, 0.15) is 28.1 Å². The van der Waals surface area contributed by atoms with Crippen LogP contribution in [0.4, 0.5) is 15.9 Å². The van der Waals surface area contributed by atoms with Crippen molar-refractivity contribution in [3.63, 3.8) is 0 Å². The molecule has 6 nitrogen and oxygen atoms in total. The first-order valence-corrected chi connectivity index (χ1v) is 11.1. The minimum atomic E-state index is -2.80. The van der Waals surface area contributed by atoms with Gasteiger partial charge in [-0.05, 0) is 50.1 Å². The first-order chi connectivity index (χ1) is 17.2. The van der Waals surface area contributed by atoms with Gasteiger partial charge in [-0.1, -0.05) is 24.0 Å². The molecule has 1 aromatic heterocycles. The highest BCUT2D eigenvalue weighted by Crippen LogP contribution is 2.49. The van der Waals surface area contributed by atoms with Crippen molar-refractivity contribution in [3.05, 3.63) is 63.8 Å². The van der Waals surface area contributed by atoms with Gasteiger partial charge in [0.05, 0.1) is 29.7 Å². The number of benzene rings is 2. The van der Waals surface area contributed by atoms with E-state index in [0.29, 0.717) is 30.0 Å². The summed E-state index contributed by atoms with van der Waals surface area (Å²) in [7, 11) is 2.12. The maximum absolute atomic E-state index is 15.2. The molecule has 7 heteroatoms. The normalized spacial score (nSPS) is 25.8. The number of hydrogen-bond donors (Lipinski definition) is 0. The van der Waals surface area contributed by atoms with E-state index in [9.17, 15) is 4.79 Å². The number of aromatic nitrogens is 2. The van der Waals surface area contributed by atoms with E-state index in [1.54, 1.807) is 4.90 Å². The van der Waals surface area contributed by atoms with Gasteiger partial charge in [0, 0.05) is 41.0 Å². The molecule has 0 radical (unpaired) electrons. The fourth-order valence-corrected chi connectivity index (χ4v) is 5.46. The topological polar surface area (TPSA) is 50.6 Å². The van der Waals surface area contributed by atoms with Crippen LogP contribution in [0.3, 0.4) is 0 Å². The van der Waals surface area contributed by atoms with E-state index in [1.807, 2.05) is 18.2 Å². The largest absolute Gasteiger partial charge is 0.375 e. The molecule has 168 valence electrons. The average molecular weight is 448 g/mol. The molecule has 1 saturated carbocycles. The van der Waals surface area contributed by atoms with Gasteiger partial charge in [-0.15, -0.1) is 0 Å². The predicted octanol–water partition coefficient (Wildman–Crippen LogP) is 3.19. The first kappa shape index (κ1) is 17.3. The molecule has 0 amide bonds. The van der Waals surface area contributed by atoms with Gasteiger partial charge in [0.15, 0.2) is 5.82 Å². The molecule has 33 heavy (non-hydrogen) atoms. The van der Waals surface area contributed by atoms with E-state index in [2.05, 4.69) is 28.8 Å². The summed E-state index contributed by atoms with van der Waals surface area (Å²) in [6, 6.07) is 9.75. The van der Waals surface area contributed by atoms with Crippen LogP contribution in [-0.4, -0.2) is 46.7 Å². The molecule has 4 heterocycles. The Labute approximate surface area is 195 Å². The molecule has 0 atom stereocenters. The van der Waals surface area contributed by atoms with Gasteiger partial charge in [-0.25, -0.2) is 9.18 Å². The van der Waals surface area contributed by atoms with Crippen molar-refractivity contribution >= 4 is 22.4 Å². The standard InChI is InChI=1S/C26H25FN4O2/c1-29-15-17-13-26(29,14-17)10-9-18-5-3-7-21-19(18)16-33-12-11-31(21)24-23-20(27)6-4-8-22(23)30(2)25(32)28-24/h3-8,17H,11-16H2,1-2H3/i2D3. The van der Waals surface area contributed by atoms with Crippen molar-refractivity contribution in [2.75, 3.05) is 31.6 Å². The fourth-order valence-electron chi connectivity index (χ4n) is 5.46. The third kappa shape index (κ3) is 3.09. The summed E-state index contributed by atoms with van der Waals surface area (Å²) < 4.78 is 45.0. The molecule has 7 rings (SSSR count). The Bertz CT molecular complexity index is 1500. The summed E-state index contributed by atoms with van der Waals surface area (Å²) in [6.07, 6.45) is 2.17. The number of anilines is 2. The Morgan fingerprint density at radius 2 is 2.12 bits per heavy atom. The number of rotatable bonds is 1. The van der Waals surface area contributed by atoms with Crippen LogP contribution < -0.4 is 10.6 Å². The van der Waals surface area contributed by atoms with Gasteiger partial charge in [-0.3, -0.25) is 9.47 Å². The summed E-state index contributed by atoms with van der Waals surface area (Å²) in [4.78, 5) is 21.1. The van der Waals surface area contributed by atoms with E-state index in [-0.39, 0.29) is 22.3 Å². The summed E-state index contributed by atoms with van der Waals surface area (Å²) >= 11 is 0. The van der Waals surface area contributed by atoms with Gasteiger partial charge in [0.2, 0.25) is 0 Å². The highest BCUT2D eigenvalue weighted by atomic mass is 19.1. The van der Waals surface area contributed by atoms with E-state index < -0.39 is 18.5 Å². The Morgan fingerprint density at radius 3 is 2.91 bits per heavy atom. The molecule has 4 aliphatic rings. The average Bonchev–Trinajstić information content (AvgIpc) is 3.17. The third-order valence-electron chi connectivity index (χ3n) is 7.20. The van der Waals surface area contributed by atoms with Gasteiger partial charge in [-0.2, -0.15) is 4.98 Å². The molecule has 0 spiro atoms. The highest BCUT2D eigenvalue weighted by Gasteiger charge is 2.53. The fraction of sp³-hybridized carbons (Fsp3) is 0.385. The quantitative estimate of drug-likeness (QED) is 0.537. The highest BCUT2D eigenvalue weighted by molar-refractivity contribution is 5.92. The monoisotopic (exact) mass is 447 g/mol. The summed E-state index contributed by atoms with van der Waals surface area (Å²) in [6.45, 7) is -0.786. The van der Waals surface area contributed by atoms with Crippen molar-refractivity contribution in [2.45, 2.75) is 25.0 Å². The number of hydrogen-bond acceptors (Lipinski definition) is 5. The Morgan fingerprint density at radius 1 is 1.27 bits per heavy atom. The van der Waals surface area contributed by atoms with Crippen LogP contribution in [-0.2, 0) is 18.3 Å². The lowest BCUT2D eigenvalue weighted by atomic mass is 9.73. The maximum atomic E-state index is 15.2. The Balaban J connectivity index is 1.52. The smallest absolute Gasteiger partial charge is 0.349 e. The maximum Gasteiger partial charge on any atom is 0.349 e. The molecule has 0 unspecified atom stereocenters. The molecule has 2 aromatic carbocycles. The molecular weight excluding hydrogens is 419 g/mol. The van der Waals surface area contributed by atoms with Gasteiger partial charge >= 0.3 is 5.69 Å². The van der Waals surface area contributed by atoms with E-state index in [1.165, 1.54) is 18.2 Å². The molecular formula is C26H25FN4O2. The molecule has 2 saturated heterocycles. The number of ether oxygens (including phenoxy) is 1. The predicted molar refractivity (Wildman–Crippen MR) is 125 cm³/mol. The zero-order valence-electron chi connectivity index (χ0n) is 21.3. The second-order valence-corrected chi connectivity index (χ2v) is 9.13. The van der Waals surface area contributed by atoms with E-state index >= 15 is 4.39 Å². The van der Waals surface area contributed by atoms with Gasteiger partial charge in [0.25, 0.3) is 0 Å². The van der Waals surface area contributed by atoms with Gasteiger partial charge < -0.3 is 9.64 Å². The summed E-state index contributed by atoms with van der Waals surface area (Å²) in [5.74, 6) is 7.02. The van der Waals surface area contributed by atoms with E-state index in [0.717, 1.165) is 36.4 Å². The second kappa shape index (κ2) is 7.41. The SMILES string of the molecule is [2H]C([2H])([2H])n1c(=O)nc(N2CCOCc3c(C#CC45CC(CN4C)C5)cccc32)c2c(F)cccc21. The van der Waals surface area contributed by atoms with Crippen molar-refractivity contribution < 1.29 is 13.2 Å². The Kier molecular flexibility index (Phi) is 3.88.